The van der Waals surface area contributed by atoms with E-state index in [0.29, 0.717) is 37.0 Å². The molecule has 0 amide bonds. The van der Waals surface area contributed by atoms with Crippen LogP contribution in [-0.4, -0.2) is 21.4 Å². The third-order valence-corrected chi connectivity index (χ3v) is 5.70. The van der Waals surface area contributed by atoms with Crippen molar-refractivity contribution in [3.05, 3.63) is 51.0 Å². The van der Waals surface area contributed by atoms with E-state index in [9.17, 15) is 14.5 Å². The highest BCUT2D eigenvalue weighted by Crippen LogP contribution is 2.34. The van der Waals surface area contributed by atoms with E-state index in [1.807, 2.05) is 6.92 Å². The Kier molecular flexibility index (Phi) is 6.58. The minimum Gasteiger partial charge on any atom is -0.378 e. The number of nitrogens with one attached hydrogen (secondary N) is 1. The molecule has 1 fully saturated rings. The molecule has 1 aromatic carbocycles. The van der Waals surface area contributed by atoms with Gasteiger partial charge in [-0.15, -0.1) is 0 Å². The molecule has 1 aromatic heterocycles. The fourth-order valence-corrected chi connectivity index (χ4v) is 3.89. The number of nitrogens with zero attached hydrogens (tertiary/aromatic N) is 3. The summed E-state index contributed by atoms with van der Waals surface area (Å²) < 4.78 is 13.5. The minimum atomic E-state index is -0.517. The number of halogens is 1. The van der Waals surface area contributed by atoms with Crippen LogP contribution in [0.4, 0.5) is 21.8 Å². The summed E-state index contributed by atoms with van der Waals surface area (Å²) in [5.41, 5.74) is 13.4. The number of nitrogens with two attached hydrogens (primary N) is 2. The third-order valence-electron chi connectivity index (χ3n) is 5.70. The lowest BCUT2D eigenvalue weighted by Crippen LogP contribution is -2.23. The molecule has 0 spiro atoms. The Hall–Kier alpha value is -2.81. The Morgan fingerprint density at radius 1 is 1.24 bits per heavy atom. The molecule has 0 saturated heterocycles. The van der Waals surface area contributed by atoms with Crippen molar-refractivity contribution in [3.8, 4) is 0 Å². The van der Waals surface area contributed by atoms with Gasteiger partial charge in [0.2, 0.25) is 11.8 Å². The van der Waals surface area contributed by atoms with Gasteiger partial charge in [-0.1, -0.05) is 6.07 Å². The van der Waals surface area contributed by atoms with E-state index >= 15 is 0 Å². The van der Waals surface area contributed by atoms with E-state index in [2.05, 4.69) is 15.3 Å². The largest absolute Gasteiger partial charge is 0.378 e. The van der Waals surface area contributed by atoms with Gasteiger partial charge in [0.1, 0.15) is 11.5 Å². The number of rotatable bonds is 7. The number of benzene rings is 1. The summed E-state index contributed by atoms with van der Waals surface area (Å²) in [5.74, 6) is 0.564. The van der Waals surface area contributed by atoms with Gasteiger partial charge in [-0.25, -0.2) is 9.37 Å². The van der Waals surface area contributed by atoms with Crippen LogP contribution in [0.2, 0.25) is 0 Å². The van der Waals surface area contributed by atoms with E-state index in [1.54, 1.807) is 6.07 Å². The molecule has 1 heterocycles. The molecule has 0 atom stereocenters. The zero-order chi connectivity index (χ0) is 21.0. The molecule has 0 unspecified atom stereocenters. The maximum absolute atomic E-state index is 13.5. The van der Waals surface area contributed by atoms with E-state index in [4.69, 9.17) is 11.5 Å². The van der Waals surface area contributed by atoms with Gasteiger partial charge in [0.25, 0.3) is 0 Å². The number of hydrogen-bond donors (Lipinski definition) is 3. The summed E-state index contributed by atoms with van der Waals surface area (Å²) in [6.45, 7) is 2.85. The first-order valence-corrected chi connectivity index (χ1v) is 9.87. The Morgan fingerprint density at radius 2 is 1.93 bits per heavy atom. The molecule has 156 valence electrons. The predicted molar refractivity (Wildman–Crippen MR) is 110 cm³/mol. The molecule has 0 aliphatic heterocycles. The summed E-state index contributed by atoms with van der Waals surface area (Å²) >= 11 is 0. The summed E-state index contributed by atoms with van der Waals surface area (Å²) in [7, 11) is 0. The van der Waals surface area contributed by atoms with E-state index in [0.717, 1.165) is 36.8 Å². The monoisotopic (exact) mass is 402 g/mol. The van der Waals surface area contributed by atoms with Crippen molar-refractivity contribution >= 4 is 17.5 Å². The van der Waals surface area contributed by atoms with Crippen LogP contribution in [0, 0.1) is 34.7 Å². The Labute approximate surface area is 169 Å². The van der Waals surface area contributed by atoms with Gasteiger partial charge in [0.15, 0.2) is 0 Å². The number of nitro groups is 1. The van der Waals surface area contributed by atoms with Crippen molar-refractivity contribution in [2.45, 2.75) is 45.6 Å². The predicted octanol–water partition coefficient (Wildman–Crippen LogP) is 3.33. The molecule has 0 bridgehead atoms. The summed E-state index contributed by atoms with van der Waals surface area (Å²) in [6, 6.07) is 4.53. The SMILES string of the molecule is Cc1ccc(F)cc1CNc1nc(N)c([N+](=O)[O-])c(CC2CCC(CN)CC2)n1. The molecular weight excluding hydrogens is 375 g/mol. The third kappa shape index (κ3) is 5.17. The van der Waals surface area contributed by atoms with Gasteiger partial charge in [-0.3, -0.25) is 10.1 Å². The zero-order valence-electron chi connectivity index (χ0n) is 16.5. The maximum Gasteiger partial charge on any atom is 0.332 e. The van der Waals surface area contributed by atoms with Crippen LogP contribution in [0.15, 0.2) is 18.2 Å². The molecule has 1 aliphatic rings. The normalized spacial score (nSPS) is 19.1. The first-order chi connectivity index (χ1) is 13.9. The molecule has 9 heteroatoms. The average Bonchev–Trinajstić information content (AvgIpc) is 2.68. The van der Waals surface area contributed by atoms with Crippen LogP contribution in [-0.2, 0) is 13.0 Å². The Morgan fingerprint density at radius 3 is 2.59 bits per heavy atom. The van der Waals surface area contributed by atoms with Gasteiger partial charge in [-0.05, 0) is 80.7 Å². The molecule has 1 saturated carbocycles. The number of hydrogen-bond acceptors (Lipinski definition) is 7. The molecule has 29 heavy (non-hydrogen) atoms. The lowest BCUT2D eigenvalue weighted by atomic mass is 9.80. The maximum atomic E-state index is 13.5. The van der Waals surface area contributed by atoms with E-state index in [-0.39, 0.29) is 23.3 Å². The van der Waals surface area contributed by atoms with Crippen LogP contribution in [0.25, 0.3) is 0 Å². The second kappa shape index (κ2) is 9.13. The highest BCUT2D eigenvalue weighted by molar-refractivity contribution is 5.58. The lowest BCUT2D eigenvalue weighted by molar-refractivity contribution is -0.385. The summed E-state index contributed by atoms with van der Waals surface area (Å²) in [5, 5.41) is 14.5. The molecule has 0 radical (unpaired) electrons. The van der Waals surface area contributed by atoms with Crippen molar-refractivity contribution in [1.29, 1.82) is 0 Å². The quantitative estimate of drug-likeness (QED) is 0.478. The number of nitrogen functional groups attached to an aromatic ring is 1. The highest BCUT2D eigenvalue weighted by Gasteiger charge is 2.27. The summed E-state index contributed by atoms with van der Waals surface area (Å²) in [6.07, 6.45) is 4.47. The fourth-order valence-electron chi connectivity index (χ4n) is 3.89. The topological polar surface area (TPSA) is 133 Å². The molecule has 1 aliphatic carbocycles. The number of aryl methyl sites for hydroxylation is 1. The van der Waals surface area contributed by atoms with Crippen LogP contribution >= 0.6 is 0 Å². The van der Waals surface area contributed by atoms with Crippen molar-refractivity contribution in [1.82, 2.24) is 9.97 Å². The minimum absolute atomic E-state index is 0.158. The van der Waals surface area contributed by atoms with Crippen LogP contribution < -0.4 is 16.8 Å². The molecule has 8 nitrogen and oxygen atoms in total. The Balaban J connectivity index is 1.78. The van der Waals surface area contributed by atoms with Crippen molar-refractivity contribution in [2.24, 2.45) is 17.6 Å². The standard InChI is InChI=1S/C20H27FN6O2/c1-12-2-7-16(21)9-15(12)11-24-20-25-17(18(27(28)29)19(23)26-20)8-13-3-5-14(10-22)6-4-13/h2,7,9,13-14H,3-6,8,10-11,22H2,1H3,(H3,23,24,25,26). The first-order valence-electron chi connectivity index (χ1n) is 9.87. The van der Waals surface area contributed by atoms with Crippen LogP contribution in [0.5, 0.6) is 0 Å². The van der Waals surface area contributed by atoms with E-state index < -0.39 is 4.92 Å². The molecule has 3 rings (SSSR count). The lowest BCUT2D eigenvalue weighted by Gasteiger charge is -2.27. The smallest absolute Gasteiger partial charge is 0.332 e. The van der Waals surface area contributed by atoms with Gasteiger partial charge in [0.05, 0.1) is 4.92 Å². The Bertz CT molecular complexity index is 884. The van der Waals surface area contributed by atoms with Gasteiger partial charge >= 0.3 is 5.69 Å². The highest BCUT2D eigenvalue weighted by atomic mass is 19.1. The van der Waals surface area contributed by atoms with E-state index in [1.165, 1.54) is 12.1 Å². The second-order valence-electron chi connectivity index (χ2n) is 7.74. The van der Waals surface area contributed by atoms with Crippen molar-refractivity contribution in [2.75, 3.05) is 17.6 Å². The van der Waals surface area contributed by atoms with Gasteiger partial charge < -0.3 is 16.8 Å². The van der Waals surface area contributed by atoms with Crippen molar-refractivity contribution < 1.29 is 9.31 Å². The first kappa shape index (κ1) is 20.9. The number of anilines is 2. The molecular formula is C20H27FN6O2. The van der Waals surface area contributed by atoms with Gasteiger partial charge in [0, 0.05) is 6.54 Å². The van der Waals surface area contributed by atoms with Crippen LogP contribution in [0.3, 0.4) is 0 Å². The number of aromatic nitrogens is 2. The molecule has 2 aromatic rings. The second-order valence-corrected chi connectivity index (χ2v) is 7.74. The van der Waals surface area contributed by atoms with Crippen molar-refractivity contribution in [3.63, 3.8) is 0 Å². The fraction of sp³-hybridized carbons (Fsp3) is 0.500. The summed E-state index contributed by atoms with van der Waals surface area (Å²) in [4.78, 5) is 19.4. The molecule has 5 N–H and O–H groups in total. The van der Waals surface area contributed by atoms with Crippen LogP contribution in [0.1, 0.15) is 42.5 Å². The average molecular weight is 402 g/mol. The van der Waals surface area contributed by atoms with Gasteiger partial charge in [-0.2, -0.15) is 4.98 Å². The zero-order valence-corrected chi connectivity index (χ0v) is 16.5.